The lowest BCUT2D eigenvalue weighted by Gasteiger charge is -2.04. The number of pyridine rings is 1. The number of rotatable bonds is 3. The summed E-state index contributed by atoms with van der Waals surface area (Å²) in [6.45, 7) is 0.188. The second kappa shape index (κ2) is 7.03. The summed E-state index contributed by atoms with van der Waals surface area (Å²) in [7, 11) is 0. The van der Waals surface area contributed by atoms with Crippen LogP contribution in [0.15, 0.2) is 79.0 Å². The molecule has 0 bridgehead atoms. The minimum Gasteiger partial charge on any atom is -1.00 e. The van der Waals surface area contributed by atoms with Gasteiger partial charge in [-0.1, -0.05) is 42.5 Å². The normalized spacial score (nSPS) is 10.6. The fraction of sp³-hybridized carbons (Fsp3) is 0.0476. The summed E-state index contributed by atoms with van der Waals surface area (Å²) in [4.78, 5) is 12.7. The molecule has 4 aromatic rings. The molecule has 1 heterocycles. The second-order valence-electron chi connectivity index (χ2n) is 5.84. The van der Waals surface area contributed by atoms with Gasteiger partial charge in [-0.3, -0.25) is 4.79 Å². The van der Waals surface area contributed by atoms with Crippen molar-refractivity contribution in [3.05, 3.63) is 84.6 Å². The Kier molecular flexibility index (Phi) is 4.81. The van der Waals surface area contributed by atoms with Crippen molar-refractivity contribution in [2.45, 2.75) is 6.54 Å². The maximum Gasteiger partial charge on any atom is 0.255 e. The Morgan fingerprint density at radius 1 is 0.840 bits per heavy atom. The van der Waals surface area contributed by atoms with E-state index >= 15 is 0 Å². The molecule has 0 aliphatic heterocycles. The van der Waals surface area contributed by atoms with Crippen LogP contribution in [0.3, 0.4) is 0 Å². The third-order valence-corrected chi connectivity index (χ3v) is 4.26. The molecule has 0 saturated carbocycles. The Morgan fingerprint density at radius 2 is 1.56 bits per heavy atom. The molecular weight excluding hydrogens is 378 g/mol. The first-order valence-corrected chi connectivity index (χ1v) is 7.84. The fourth-order valence-electron chi connectivity index (χ4n) is 3.06. The molecule has 0 saturated heterocycles. The van der Waals surface area contributed by atoms with Gasteiger partial charge in [-0.2, -0.15) is 4.57 Å². The van der Waals surface area contributed by atoms with E-state index < -0.39 is 0 Å². The van der Waals surface area contributed by atoms with Crippen LogP contribution in [0.5, 0.6) is 5.75 Å². The third kappa shape index (κ3) is 3.26. The molecule has 0 fully saturated rings. The highest BCUT2D eigenvalue weighted by atomic mass is 79.9. The molecular formula is C21H16BrNO2. The van der Waals surface area contributed by atoms with Crippen molar-refractivity contribution in [2.24, 2.45) is 0 Å². The first-order chi connectivity index (χ1) is 11.7. The van der Waals surface area contributed by atoms with Crippen molar-refractivity contribution >= 4 is 27.5 Å². The van der Waals surface area contributed by atoms with Crippen molar-refractivity contribution in [1.82, 2.24) is 0 Å². The molecule has 3 aromatic carbocycles. The number of benzene rings is 3. The zero-order valence-electron chi connectivity index (χ0n) is 13.4. The van der Waals surface area contributed by atoms with E-state index in [0.29, 0.717) is 11.1 Å². The lowest BCUT2D eigenvalue weighted by molar-refractivity contribution is -0.657. The number of ketones is 1. The highest BCUT2D eigenvalue weighted by molar-refractivity contribution is 5.99. The van der Waals surface area contributed by atoms with E-state index in [-0.39, 0.29) is 35.1 Å². The Bertz CT molecular complexity index is 1070. The topological polar surface area (TPSA) is 41.2 Å². The van der Waals surface area contributed by atoms with E-state index in [2.05, 4.69) is 0 Å². The minimum atomic E-state index is 0. The van der Waals surface area contributed by atoms with Crippen LogP contribution in [0, 0.1) is 0 Å². The zero-order chi connectivity index (χ0) is 16.5. The predicted molar refractivity (Wildman–Crippen MR) is 94.1 cm³/mol. The van der Waals surface area contributed by atoms with Gasteiger partial charge in [-0.15, -0.1) is 0 Å². The number of phenolic OH excluding ortho intramolecular Hbond substituents is 1. The number of halogens is 1. The second-order valence-corrected chi connectivity index (χ2v) is 5.84. The van der Waals surface area contributed by atoms with Crippen LogP contribution in [-0.4, -0.2) is 10.9 Å². The zero-order valence-corrected chi connectivity index (χ0v) is 15.0. The van der Waals surface area contributed by atoms with Crippen molar-refractivity contribution in [2.75, 3.05) is 0 Å². The number of hydrogen-bond donors (Lipinski definition) is 1. The quantitative estimate of drug-likeness (QED) is 0.414. The number of nitrogens with zero attached hydrogens (tertiary/aromatic N) is 1. The predicted octanol–water partition coefficient (Wildman–Crippen LogP) is 0.873. The van der Waals surface area contributed by atoms with Crippen LogP contribution in [0.4, 0.5) is 0 Å². The molecule has 0 radical (unpaired) electrons. The summed E-state index contributed by atoms with van der Waals surface area (Å²) in [6.07, 6.45) is 1.82. The molecule has 25 heavy (non-hydrogen) atoms. The number of carbonyl (C=O) groups is 1. The number of aromatic hydroxyl groups is 1. The van der Waals surface area contributed by atoms with Crippen molar-refractivity contribution in [1.29, 1.82) is 0 Å². The number of Topliss-reactive ketones (excluding diaryl/α,β-unsaturated/α-hetero) is 1. The number of phenols is 1. The third-order valence-electron chi connectivity index (χ3n) is 4.26. The summed E-state index contributed by atoms with van der Waals surface area (Å²) < 4.78 is 1.79. The highest BCUT2D eigenvalue weighted by Crippen LogP contribution is 2.21. The van der Waals surface area contributed by atoms with E-state index in [1.165, 1.54) is 0 Å². The molecule has 1 N–H and O–H groups in total. The molecule has 1 aromatic heterocycles. The van der Waals surface area contributed by atoms with Gasteiger partial charge in [0.1, 0.15) is 0 Å². The lowest BCUT2D eigenvalue weighted by Crippen LogP contribution is -3.00. The average Bonchev–Trinajstić information content (AvgIpc) is 2.61. The van der Waals surface area contributed by atoms with E-state index in [9.17, 15) is 9.90 Å². The van der Waals surface area contributed by atoms with E-state index in [4.69, 9.17) is 0 Å². The molecule has 0 aliphatic rings. The fourth-order valence-corrected chi connectivity index (χ4v) is 3.06. The first kappa shape index (κ1) is 17.1. The van der Waals surface area contributed by atoms with E-state index in [0.717, 1.165) is 16.2 Å². The lowest BCUT2D eigenvalue weighted by atomic mass is 10.0. The van der Waals surface area contributed by atoms with Gasteiger partial charge in [-0.05, 0) is 35.0 Å². The largest absolute Gasteiger partial charge is 1.00 e. The van der Waals surface area contributed by atoms with Crippen molar-refractivity contribution < 1.29 is 31.4 Å². The number of para-hydroxylation sites is 1. The van der Waals surface area contributed by atoms with Crippen LogP contribution in [-0.2, 0) is 6.54 Å². The Hall–Kier alpha value is -2.72. The standard InChI is InChI=1S/C21H15NO2.BrH/c23-19-9-3-7-16-8-4-12-22(21(16)19)14-20(24)18-11-10-15-5-1-2-6-17(15)13-18;/h1-13H,14H2;1H. The molecule has 3 nitrogen and oxygen atoms in total. The van der Waals surface area contributed by atoms with Gasteiger partial charge in [0.05, 0.1) is 5.39 Å². The van der Waals surface area contributed by atoms with Gasteiger partial charge in [0.2, 0.25) is 12.3 Å². The molecule has 0 atom stereocenters. The molecule has 0 spiro atoms. The average molecular weight is 394 g/mol. The Morgan fingerprint density at radius 3 is 2.40 bits per heavy atom. The molecule has 4 rings (SSSR count). The molecule has 124 valence electrons. The first-order valence-electron chi connectivity index (χ1n) is 7.84. The van der Waals surface area contributed by atoms with E-state index in [1.807, 2.05) is 66.9 Å². The van der Waals surface area contributed by atoms with Gasteiger partial charge in [0.15, 0.2) is 11.9 Å². The highest BCUT2D eigenvalue weighted by Gasteiger charge is 2.18. The summed E-state index contributed by atoms with van der Waals surface area (Å²) in [6, 6.07) is 22.9. The van der Waals surface area contributed by atoms with Crippen molar-refractivity contribution in [3.8, 4) is 5.75 Å². The molecule has 0 aliphatic carbocycles. The van der Waals surface area contributed by atoms with Gasteiger partial charge >= 0.3 is 0 Å². The summed E-state index contributed by atoms with van der Waals surface area (Å²) in [5.41, 5.74) is 1.35. The number of fused-ring (bicyclic) bond motifs is 2. The minimum absolute atomic E-state index is 0. The number of carbonyl (C=O) groups excluding carboxylic acids is 1. The van der Waals surface area contributed by atoms with Gasteiger partial charge in [-0.25, -0.2) is 0 Å². The van der Waals surface area contributed by atoms with Crippen LogP contribution >= 0.6 is 0 Å². The smallest absolute Gasteiger partial charge is 0.255 e. The molecule has 4 heteroatoms. The Labute approximate surface area is 155 Å². The SMILES string of the molecule is O=C(C[n+]1cccc2cccc(O)c21)c1ccc2ccccc2c1.[Br-]. The Balaban J connectivity index is 0.00000182. The maximum atomic E-state index is 12.7. The van der Waals surface area contributed by atoms with E-state index in [1.54, 1.807) is 16.7 Å². The summed E-state index contributed by atoms with van der Waals surface area (Å²) in [5.74, 6) is 0.195. The van der Waals surface area contributed by atoms with Crippen LogP contribution in [0.1, 0.15) is 10.4 Å². The molecule has 0 unspecified atom stereocenters. The van der Waals surface area contributed by atoms with Gasteiger partial charge < -0.3 is 22.1 Å². The summed E-state index contributed by atoms with van der Waals surface area (Å²) in [5, 5.41) is 13.2. The van der Waals surface area contributed by atoms with Gasteiger partial charge in [0, 0.05) is 11.6 Å². The number of aromatic nitrogens is 1. The molecule has 0 amide bonds. The van der Waals surface area contributed by atoms with Crippen LogP contribution in [0.25, 0.3) is 21.7 Å². The number of hydrogen-bond acceptors (Lipinski definition) is 2. The summed E-state index contributed by atoms with van der Waals surface area (Å²) >= 11 is 0. The monoisotopic (exact) mass is 393 g/mol. The van der Waals surface area contributed by atoms with Crippen molar-refractivity contribution in [3.63, 3.8) is 0 Å². The van der Waals surface area contributed by atoms with Crippen LogP contribution < -0.4 is 21.5 Å². The van der Waals surface area contributed by atoms with Gasteiger partial charge in [0.25, 0.3) is 5.52 Å². The van der Waals surface area contributed by atoms with Crippen LogP contribution in [0.2, 0.25) is 0 Å². The maximum absolute atomic E-state index is 12.7.